The van der Waals surface area contributed by atoms with Crippen LogP contribution in [0.2, 0.25) is 0 Å². The van der Waals surface area contributed by atoms with Crippen molar-refractivity contribution in [3.63, 3.8) is 0 Å². The van der Waals surface area contributed by atoms with Crippen LogP contribution in [0.4, 0.5) is 0 Å². The van der Waals surface area contributed by atoms with E-state index in [2.05, 4.69) is 17.7 Å². The maximum atomic E-state index is 11.0. The van der Waals surface area contributed by atoms with E-state index in [1.807, 2.05) is 0 Å². The van der Waals surface area contributed by atoms with E-state index < -0.39 is 13.9 Å². The Kier molecular flexibility index (Phi) is 5.91. The summed E-state index contributed by atoms with van der Waals surface area (Å²) in [6.07, 6.45) is 3.80. The Labute approximate surface area is 78.5 Å². The molecular formula is C8H15O4P. The van der Waals surface area contributed by atoms with Gasteiger partial charge in [0.2, 0.25) is 0 Å². The summed E-state index contributed by atoms with van der Waals surface area (Å²) in [6.45, 7) is 7.02. The van der Waals surface area contributed by atoms with Gasteiger partial charge in [-0.25, -0.2) is 4.57 Å². The third-order valence-electron chi connectivity index (χ3n) is 1.37. The van der Waals surface area contributed by atoms with Crippen LogP contribution in [-0.2, 0) is 13.6 Å². The van der Waals surface area contributed by atoms with Crippen molar-refractivity contribution in [2.24, 2.45) is 0 Å². The Hall–Kier alpha value is -0.410. The second-order valence-corrected chi connectivity index (χ2v) is 3.94. The van der Waals surface area contributed by atoms with Gasteiger partial charge in [0.25, 0.3) is 0 Å². The van der Waals surface area contributed by atoms with Gasteiger partial charge in [-0.3, -0.25) is 9.05 Å². The minimum absolute atomic E-state index is 0.397. The minimum Gasteiger partial charge on any atom is -0.302 e. The average Bonchev–Trinajstić information content (AvgIpc) is 2.05. The van der Waals surface area contributed by atoms with Gasteiger partial charge in [-0.2, -0.15) is 0 Å². The Morgan fingerprint density at radius 1 is 1.46 bits per heavy atom. The van der Waals surface area contributed by atoms with Gasteiger partial charge in [0.15, 0.2) is 0 Å². The van der Waals surface area contributed by atoms with E-state index in [1.165, 1.54) is 0 Å². The van der Waals surface area contributed by atoms with Crippen molar-refractivity contribution in [3.8, 4) is 0 Å². The van der Waals surface area contributed by atoms with Crippen LogP contribution in [-0.4, -0.2) is 18.1 Å². The first-order chi connectivity index (χ1) is 6.05. The summed E-state index contributed by atoms with van der Waals surface area (Å²) in [6, 6.07) is 0. The van der Waals surface area contributed by atoms with Gasteiger partial charge >= 0.3 is 7.82 Å². The quantitative estimate of drug-likeness (QED) is 0.512. The van der Waals surface area contributed by atoms with Crippen LogP contribution in [0.1, 0.15) is 12.8 Å². The molecule has 0 amide bonds. The second-order valence-electron chi connectivity index (χ2n) is 2.43. The van der Waals surface area contributed by atoms with Gasteiger partial charge in [-0.05, 0) is 12.8 Å². The van der Waals surface area contributed by atoms with E-state index >= 15 is 0 Å². The highest BCUT2D eigenvalue weighted by atomic mass is 31.2. The first-order valence-corrected chi connectivity index (χ1v) is 5.34. The largest absolute Gasteiger partial charge is 0.472 e. The minimum atomic E-state index is -3.88. The van der Waals surface area contributed by atoms with Crippen LogP contribution >= 0.6 is 7.82 Å². The van der Waals surface area contributed by atoms with Gasteiger partial charge in [-0.15, -0.1) is 13.2 Å². The normalized spacial score (nSPS) is 15.3. The van der Waals surface area contributed by atoms with Crippen molar-refractivity contribution in [3.05, 3.63) is 25.3 Å². The van der Waals surface area contributed by atoms with Crippen molar-refractivity contribution in [2.75, 3.05) is 7.11 Å². The number of hydrogen-bond acceptors (Lipinski definition) is 3. The van der Waals surface area contributed by atoms with E-state index in [-0.39, 0.29) is 0 Å². The molecule has 0 heterocycles. The first kappa shape index (κ1) is 12.6. The predicted molar refractivity (Wildman–Crippen MR) is 51.3 cm³/mol. The molecule has 0 aromatic heterocycles. The average molecular weight is 206 g/mol. The number of phosphoric ester groups is 1. The van der Waals surface area contributed by atoms with E-state index in [4.69, 9.17) is 9.42 Å². The molecule has 0 radical (unpaired) electrons. The fourth-order valence-electron chi connectivity index (χ4n) is 0.785. The fraction of sp³-hybridized carbons (Fsp3) is 0.500. The van der Waals surface area contributed by atoms with Crippen LogP contribution in [0.15, 0.2) is 25.3 Å². The van der Waals surface area contributed by atoms with E-state index in [9.17, 15) is 4.57 Å². The summed E-state index contributed by atoms with van der Waals surface area (Å²) in [7, 11) is -2.76. The molecule has 0 aromatic rings. The lowest BCUT2D eigenvalue weighted by atomic mass is 10.2. The molecule has 0 bridgehead atoms. The van der Waals surface area contributed by atoms with Crippen molar-refractivity contribution in [1.29, 1.82) is 0 Å². The highest BCUT2D eigenvalue weighted by Gasteiger charge is 2.23. The van der Waals surface area contributed by atoms with Gasteiger partial charge < -0.3 is 4.89 Å². The van der Waals surface area contributed by atoms with Crippen molar-refractivity contribution in [2.45, 2.75) is 18.9 Å². The summed E-state index contributed by atoms with van der Waals surface area (Å²) in [5.74, 6) is 0. The molecule has 0 aromatic carbocycles. The molecule has 0 saturated carbocycles. The molecule has 1 N–H and O–H groups in total. The molecule has 0 fully saturated rings. The lowest BCUT2D eigenvalue weighted by Crippen LogP contribution is -2.09. The maximum Gasteiger partial charge on any atom is 0.472 e. The summed E-state index contributed by atoms with van der Waals surface area (Å²) >= 11 is 0. The third kappa shape index (κ3) is 5.77. The van der Waals surface area contributed by atoms with Gasteiger partial charge in [0, 0.05) is 7.11 Å². The Balaban J connectivity index is 4.15. The lowest BCUT2D eigenvalue weighted by Gasteiger charge is -2.16. The van der Waals surface area contributed by atoms with Crippen LogP contribution < -0.4 is 0 Å². The lowest BCUT2D eigenvalue weighted by molar-refractivity contribution is 0.122. The Morgan fingerprint density at radius 2 is 1.92 bits per heavy atom. The Bertz CT molecular complexity index is 204. The summed E-state index contributed by atoms with van der Waals surface area (Å²) < 4.78 is 20.1. The zero-order chi connectivity index (χ0) is 10.3. The fourth-order valence-corrected chi connectivity index (χ4v) is 1.42. The van der Waals surface area contributed by atoms with Gasteiger partial charge in [0.1, 0.15) is 0 Å². The van der Waals surface area contributed by atoms with E-state index in [0.29, 0.717) is 12.8 Å². The second kappa shape index (κ2) is 6.11. The standard InChI is InChI=1S/C8H15O4P/c1-4-6-8(7-5-2)12-13(9,10)11-3/h4-5,8H,1-2,6-7H2,3H3,(H,9,10). The monoisotopic (exact) mass is 206 g/mol. The van der Waals surface area contributed by atoms with Crippen LogP contribution in [0.25, 0.3) is 0 Å². The molecule has 5 heteroatoms. The molecule has 4 nitrogen and oxygen atoms in total. The topological polar surface area (TPSA) is 55.8 Å². The molecule has 0 spiro atoms. The first-order valence-electron chi connectivity index (χ1n) is 3.84. The summed E-state index contributed by atoms with van der Waals surface area (Å²) in [5.41, 5.74) is 0. The maximum absolute atomic E-state index is 11.0. The van der Waals surface area contributed by atoms with Crippen LogP contribution in [0.5, 0.6) is 0 Å². The number of rotatable bonds is 7. The molecule has 76 valence electrons. The Morgan fingerprint density at radius 3 is 2.23 bits per heavy atom. The molecule has 1 atom stereocenters. The molecule has 13 heavy (non-hydrogen) atoms. The molecule has 1 unspecified atom stereocenters. The van der Waals surface area contributed by atoms with Crippen molar-refractivity contribution >= 4 is 7.82 Å². The highest BCUT2D eigenvalue weighted by Crippen LogP contribution is 2.44. The molecule has 0 rings (SSSR count). The van der Waals surface area contributed by atoms with Crippen molar-refractivity contribution < 1.29 is 18.5 Å². The predicted octanol–water partition coefficient (Wildman–Crippen LogP) is 2.27. The van der Waals surface area contributed by atoms with Gasteiger partial charge in [-0.1, -0.05) is 12.2 Å². The van der Waals surface area contributed by atoms with E-state index in [1.54, 1.807) is 12.2 Å². The van der Waals surface area contributed by atoms with Gasteiger partial charge in [0.05, 0.1) is 6.10 Å². The van der Waals surface area contributed by atoms with Crippen LogP contribution in [0, 0.1) is 0 Å². The molecular weight excluding hydrogens is 191 g/mol. The number of hydrogen-bond donors (Lipinski definition) is 1. The molecule has 0 aliphatic heterocycles. The van der Waals surface area contributed by atoms with Crippen LogP contribution in [0.3, 0.4) is 0 Å². The summed E-state index contributed by atoms with van der Waals surface area (Å²) in [5, 5.41) is 0. The summed E-state index contributed by atoms with van der Waals surface area (Å²) in [4.78, 5) is 8.99. The highest BCUT2D eigenvalue weighted by molar-refractivity contribution is 7.47. The zero-order valence-corrected chi connectivity index (χ0v) is 8.57. The molecule has 0 aliphatic rings. The molecule has 0 saturated heterocycles. The SMILES string of the molecule is C=CCC(CC=C)OP(=O)(O)OC. The van der Waals surface area contributed by atoms with E-state index in [0.717, 1.165) is 7.11 Å². The smallest absolute Gasteiger partial charge is 0.302 e. The molecule has 0 aliphatic carbocycles. The third-order valence-corrected chi connectivity index (χ3v) is 2.40. The van der Waals surface area contributed by atoms with Crippen molar-refractivity contribution in [1.82, 2.24) is 0 Å². The number of phosphoric acid groups is 1. The zero-order valence-electron chi connectivity index (χ0n) is 7.68.